The molecule has 1 rings (SSSR count). The van der Waals surface area contributed by atoms with Gasteiger partial charge in [-0.1, -0.05) is 28.1 Å². The molecule has 1 aromatic rings. The Bertz CT molecular complexity index is 366. The lowest BCUT2D eigenvalue weighted by Gasteiger charge is -2.22. The molecule has 0 heterocycles. The Hall–Kier alpha value is -0.870. The molecule has 0 saturated carbocycles. The molecule has 0 aliphatic carbocycles. The maximum Gasteiger partial charge on any atom is 0.239 e. The zero-order valence-electron chi connectivity index (χ0n) is 9.61. The van der Waals surface area contributed by atoms with Crippen molar-refractivity contribution in [2.24, 2.45) is 5.73 Å². The molecule has 0 aliphatic rings. The van der Waals surface area contributed by atoms with Gasteiger partial charge in [0.2, 0.25) is 5.91 Å². The number of hydrogen-bond acceptors (Lipinski definition) is 2. The molecule has 2 N–H and O–H groups in total. The van der Waals surface area contributed by atoms with Gasteiger partial charge in [-0.15, -0.1) is 0 Å². The third-order valence-corrected chi connectivity index (χ3v) is 2.84. The second-order valence-electron chi connectivity index (χ2n) is 3.77. The van der Waals surface area contributed by atoms with Crippen molar-refractivity contribution in [2.75, 3.05) is 6.54 Å². The topological polar surface area (TPSA) is 46.3 Å². The quantitative estimate of drug-likeness (QED) is 0.921. The van der Waals surface area contributed by atoms with Gasteiger partial charge in [-0.2, -0.15) is 0 Å². The molecule has 0 aliphatic heterocycles. The minimum atomic E-state index is -0.438. The number of carbonyl (C=O) groups is 1. The molecule has 3 nitrogen and oxygen atoms in total. The number of rotatable bonds is 4. The fourth-order valence-corrected chi connectivity index (χ4v) is 1.94. The molecule has 0 bridgehead atoms. The standard InChI is InChI=1S/C12H17BrN2O/c1-3-15(12(16)9(2)14)8-10-5-4-6-11(13)7-10/h4-7,9H,3,8,14H2,1-2H3/t9-/m0/s1. The SMILES string of the molecule is CCN(Cc1cccc(Br)c1)C(=O)[C@H](C)N. The highest BCUT2D eigenvalue weighted by atomic mass is 79.9. The Kier molecular flexibility index (Phi) is 4.96. The van der Waals surface area contributed by atoms with Crippen LogP contribution in [0.3, 0.4) is 0 Å². The molecule has 1 atom stereocenters. The van der Waals surface area contributed by atoms with Gasteiger partial charge in [0.05, 0.1) is 6.04 Å². The zero-order chi connectivity index (χ0) is 12.1. The number of nitrogens with two attached hydrogens (primary N) is 1. The Morgan fingerprint density at radius 3 is 2.75 bits per heavy atom. The minimum absolute atomic E-state index is 0.0116. The Balaban J connectivity index is 2.74. The second kappa shape index (κ2) is 6.01. The van der Waals surface area contributed by atoms with Crippen LogP contribution in [-0.4, -0.2) is 23.4 Å². The van der Waals surface area contributed by atoms with Gasteiger partial charge in [0.15, 0.2) is 0 Å². The van der Waals surface area contributed by atoms with E-state index in [4.69, 9.17) is 5.73 Å². The van der Waals surface area contributed by atoms with Crippen molar-refractivity contribution in [1.82, 2.24) is 4.90 Å². The monoisotopic (exact) mass is 284 g/mol. The molecule has 4 heteroatoms. The van der Waals surface area contributed by atoms with Crippen LogP contribution in [-0.2, 0) is 11.3 Å². The first-order chi connectivity index (χ1) is 7.54. The lowest BCUT2D eigenvalue weighted by Crippen LogP contribution is -2.41. The van der Waals surface area contributed by atoms with Gasteiger partial charge < -0.3 is 10.6 Å². The summed E-state index contributed by atoms with van der Waals surface area (Å²) < 4.78 is 1.02. The summed E-state index contributed by atoms with van der Waals surface area (Å²) in [4.78, 5) is 13.5. The molecular formula is C12H17BrN2O. The maximum absolute atomic E-state index is 11.8. The first kappa shape index (κ1) is 13.2. The van der Waals surface area contributed by atoms with E-state index in [0.29, 0.717) is 13.1 Å². The molecule has 1 amide bonds. The number of amides is 1. The summed E-state index contributed by atoms with van der Waals surface area (Å²) in [5.74, 6) is -0.0116. The van der Waals surface area contributed by atoms with E-state index in [1.165, 1.54) is 0 Å². The summed E-state index contributed by atoms with van der Waals surface area (Å²) in [6.07, 6.45) is 0. The molecule has 0 spiro atoms. The van der Waals surface area contributed by atoms with E-state index in [0.717, 1.165) is 10.0 Å². The first-order valence-electron chi connectivity index (χ1n) is 5.33. The van der Waals surface area contributed by atoms with Crippen molar-refractivity contribution in [2.45, 2.75) is 26.4 Å². The number of halogens is 1. The van der Waals surface area contributed by atoms with Crippen LogP contribution in [0.5, 0.6) is 0 Å². The van der Waals surface area contributed by atoms with Crippen molar-refractivity contribution >= 4 is 21.8 Å². The van der Waals surface area contributed by atoms with Crippen LogP contribution in [0.25, 0.3) is 0 Å². The van der Waals surface area contributed by atoms with E-state index in [1.807, 2.05) is 31.2 Å². The number of likely N-dealkylation sites (N-methyl/N-ethyl adjacent to an activating group) is 1. The summed E-state index contributed by atoms with van der Waals surface area (Å²) in [7, 11) is 0. The van der Waals surface area contributed by atoms with Crippen LogP contribution in [0.15, 0.2) is 28.7 Å². The second-order valence-corrected chi connectivity index (χ2v) is 4.69. The smallest absolute Gasteiger partial charge is 0.239 e. The minimum Gasteiger partial charge on any atom is -0.337 e. The van der Waals surface area contributed by atoms with Crippen molar-refractivity contribution in [3.8, 4) is 0 Å². The van der Waals surface area contributed by atoms with Crippen LogP contribution in [0.1, 0.15) is 19.4 Å². The van der Waals surface area contributed by atoms with Crippen molar-refractivity contribution in [1.29, 1.82) is 0 Å². The lowest BCUT2D eigenvalue weighted by atomic mass is 10.2. The highest BCUT2D eigenvalue weighted by Crippen LogP contribution is 2.13. The number of benzene rings is 1. The predicted octanol–water partition coefficient (Wildman–Crippen LogP) is 2.14. The highest BCUT2D eigenvalue weighted by molar-refractivity contribution is 9.10. The van der Waals surface area contributed by atoms with Gasteiger partial charge in [0, 0.05) is 17.6 Å². The lowest BCUT2D eigenvalue weighted by molar-refractivity contribution is -0.132. The maximum atomic E-state index is 11.8. The summed E-state index contributed by atoms with van der Waals surface area (Å²) in [5, 5.41) is 0. The van der Waals surface area contributed by atoms with Gasteiger partial charge in [-0.3, -0.25) is 4.79 Å². The third kappa shape index (κ3) is 3.61. The van der Waals surface area contributed by atoms with E-state index >= 15 is 0 Å². The largest absolute Gasteiger partial charge is 0.337 e. The average molecular weight is 285 g/mol. The van der Waals surface area contributed by atoms with Crippen LogP contribution in [0.4, 0.5) is 0 Å². The highest BCUT2D eigenvalue weighted by Gasteiger charge is 2.15. The molecule has 88 valence electrons. The van der Waals surface area contributed by atoms with Gasteiger partial charge in [-0.25, -0.2) is 0 Å². The molecule has 1 aromatic carbocycles. The van der Waals surface area contributed by atoms with E-state index in [9.17, 15) is 4.79 Å². The normalized spacial score (nSPS) is 12.2. The van der Waals surface area contributed by atoms with Gasteiger partial charge in [0.1, 0.15) is 0 Å². The van der Waals surface area contributed by atoms with Crippen LogP contribution in [0.2, 0.25) is 0 Å². The molecule has 0 fully saturated rings. The summed E-state index contributed by atoms with van der Waals surface area (Å²) in [6.45, 7) is 4.95. The Morgan fingerprint density at radius 1 is 1.56 bits per heavy atom. The van der Waals surface area contributed by atoms with E-state index in [-0.39, 0.29) is 5.91 Å². The molecular weight excluding hydrogens is 268 g/mol. The molecule has 0 unspecified atom stereocenters. The Labute approximate surface area is 105 Å². The first-order valence-corrected chi connectivity index (χ1v) is 6.12. The van der Waals surface area contributed by atoms with Gasteiger partial charge in [-0.05, 0) is 31.5 Å². The van der Waals surface area contributed by atoms with Crippen LogP contribution in [0, 0.1) is 0 Å². The van der Waals surface area contributed by atoms with Crippen LogP contribution < -0.4 is 5.73 Å². The summed E-state index contributed by atoms with van der Waals surface area (Å²) in [6, 6.07) is 7.50. The fourth-order valence-electron chi connectivity index (χ4n) is 1.49. The number of carbonyl (C=O) groups excluding carboxylic acids is 1. The van der Waals surface area contributed by atoms with Crippen molar-refractivity contribution in [3.63, 3.8) is 0 Å². The van der Waals surface area contributed by atoms with Gasteiger partial charge in [0.25, 0.3) is 0 Å². The van der Waals surface area contributed by atoms with Crippen molar-refractivity contribution < 1.29 is 4.79 Å². The van der Waals surface area contributed by atoms with E-state index in [2.05, 4.69) is 15.9 Å². The number of hydrogen-bond donors (Lipinski definition) is 1. The summed E-state index contributed by atoms with van der Waals surface area (Å²) in [5.41, 5.74) is 6.70. The zero-order valence-corrected chi connectivity index (χ0v) is 11.2. The van der Waals surface area contributed by atoms with E-state index in [1.54, 1.807) is 11.8 Å². The average Bonchev–Trinajstić information content (AvgIpc) is 2.25. The predicted molar refractivity (Wildman–Crippen MR) is 68.9 cm³/mol. The third-order valence-electron chi connectivity index (χ3n) is 2.35. The fraction of sp³-hybridized carbons (Fsp3) is 0.417. The molecule has 0 aromatic heterocycles. The van der Waals surface area contributed by atoms with Crippen LogP contribution >= 0.6 is 15.9 Å². The van der Waals surface area contributed by atoms with E-state index < -0.39 is 6.04 Å². The summed E-state index contributed by atoms with van der Waals surface area (Å²) >= 11 is 3.41. The molecule has 16 heavy (non-hydrogen) atoms. The number of nitrogens with zero attached hydrogens (tertiary/aromatic N) is 1. The Morgan fingerprint density at radius 2 is 2.25 bits per heavy atom. The molecule has 0 radical (unpaired) electrons. The van der Waals surface area contributed by atoms with Gasteiger partial charge >= 0.3 is 0 Å². The van der Waals surface area contributed by atoms with Crippen molar-refractivity contribution in [3.05, 3.63) is 34.3 Å². The molecule has 0 saturated heterocycles.